The SMILES string of the molecule is Cc1cn2c(=O)c(S(=O)(=O)F)c(C)nc2s1. The third-order valence-corrected chi connectivity index (χ3v) is 3.87. The lowest BCUT2D eigenvalue weighted by Crippen LogP contribution is -2.21. The molecule has 0 fully saturated rings. The third-order valence-electron chi connectivity index (χ3n) is 2.02. The van der Waals surface area contributed by atoms with E-state index in [9.17, 15) is 17.1 Å². The predicted octanol–water partition coefficient (Wildman–Crippen LogP) is 1.03. The summed E-state index contributed by atoms with van der Waals surface area (Å²) in [6.45, 7) is 3.04. The Bertz CT molecular complexity index is 730. The Kier molecular flexibility index (Phi) is 2.35. The average molecular weight is 262 g/mol. The first kappa shape index (κ1) is 11.2. The number of aryl methyl sites for hydroxylation is 2. The summed E-state index contributed by atoms with van der Waals surface area (Å²) in [7, 11) is -5.04. The minimum atomic E-state index is -5.04. The summed E-state index contributed by atoms with van der Waals surface area (Å²) in [6.07, 6.45) is 1.43. The smallest absolute Gasteiger partial charge is 0.267 e. The van der Waals surface area contributed by atoms with Crippen LogP contribution in [0.2, 0.25) is 0 Å². The van der Waals surface area contributed by atoms with Crippen LogP contribution in [-0.4, -0.2) is 17.8 Å². The lowest BCUT2D eigenvalue weighted by Gasteiger charge is -1.99. The Morgan fingerprint density at radius 3 is 2.62 bits per heavy atom. The van der Waals surface area contributed by atoms with E-state index in [0.29, 0.717) is 4.96 Å². The molecule has 0 aliphatic rings. The van der Waals surface area contributed by atoms with Crippen LogP contribution >= 0.6 is 11.3 Å². The number of halogens is 1. The van der Waals surface area contributed by atoms with Gasteiger partial charge in [-0.1, -0.05) is 0 Å². The van der Waals surface area contributed by atoms with Crippen molar-refractivity contribution in [3.8, 4) is 0 Å². The van der Waals surface area contributed by atoms with E-state index in [0.717, 1.165) is 9.28 Å². The van der Waals surface area contributed by atoms with Crippen LogP contribution in [0, 0.1) is 13.8 Å². The molecule has 0 radical (unpaired) electrons. The maximum absolute atomic E-state index is 12.9. The van der Waals surface area contributed by atoms with Gasteiger partial charge in [-0.15, -0.1) is 15.2 Å². The number of fused-ring (bicyclic) bond motifs is 1. The zero-order chi connectivity index (χ0) is 12.1. The molecule has 0 spiro atoms. The molecule has 2 aromatic heterocycles. The van der Waals surface area contributed by atoms with Crippen molar-refractivity contribution in [1.29, 1.82) is 0 Å². The Labute approximate surface area is 94.4 Å². The average Bonchev–Trinajstić information content (AvgIpc) is 2.43. The van der Waals surface area contributed by atoms with Crippen molar-refractivity contribution in [1.82, 2.24) is 9.38 Å². The van der Waals surface area contributed by atoms with Gasteiger partial charge < -0.3 is 0 Å². The molecule has 86 valence electrons. The molecule has 0 amide bonds. The van der Waals surface area contributed by atoms with Crippen LogP contribution in [0.4, 0.5) is 3.89 Å². The molecular formula is C8H7FN2O3S2. The van der Waals surface area contributed by atoms with Crippen LogP contribution in [0.1, 0.15) is 10.6 Å². The van der Waals surface area contributed by atoms with Crippen molar-refractivity contribution in [3.05, 3.63) is 27.1 Å². The normalized spacial score (nSPS) is 12.2. The first-order chi connectivity index (χ1) is 7.30. The van der Waals surface area contributed by atoms with Gasteiger partial charge in [-0.25, -0.2) is 4.98 Å². The standard InChI is InChI=1S/C8H7FN2O3S2/c1-4-3-11-7(12)6(16(9,13)14)5(2)10-8(11)15-4/h3H,1-2H3. The first-order valence-electron chi connectivity index (χ1n) is 4.25. The van der Waals surface area contributed by atoms with Gasteiger partial charge in [-0.2, -0.15) is 8.42 Å². The van der Waals surface area contributed by atoms with Gasteiger partial charge >= 0.3 is 10.2 Å². The van der Waals surface area contributed by atoms with E-state index in [2.05, 4.69) is 4.98 Å². The molecule has 0 saturated carbocycles. The van der Waals surface area contributed by atoms with Gasteiger partial charge in [0.05, 0.1) is 5.69 Å². The minimum Gasteiger partial charge on any atom is -0.267 e. The number of nitrogens with zero attached hydrogens (tertiary/aromatic N) is 2. The number of aromatic nitrogens is 2. The van der Waals surface area contributed by atoms with Crippen molar-refractivity contribution < 1.29 is 12.3 Å². The maximum Gasteiger partial charge on any atom is 0.339 e. The zero-order valence-electron chi connectivity index (χ0n) is 8.39. The highest BCUT2D eigenvalue weighted by molar-refractivity contribution is 7.86. The molecular weight excluding hydrogens is 255 g/mol. The fourth-order valence-corrected chi connectivity index (χ4v) is 2.99. The van der Waals surface area contributed by atoms with E-state index < -0.39 is 20.7 Å². The lowest BCUT2D eigenvalue weighted by atomic mass is 10.4. The predicted molar refractivity (Wildman–Crippen MR) is 57.1 cm³/mol. The van der Waals surface area contributed by atoms with Gasteiger partial charge in [0.1, 0.15) is 0 Å². The molecule has 0 unspecified atom stereocenters. The van der Waals surface area contributed by atoms with Crippen LogP contribution in [0.3, 0.4) is 0 Å². The van der Waals surface area contributed by atoms with Crippen molar-refractivity contribution in [2.75, 3.05) is 0 Å². The summed E-state index contributed by atoms with van der Waals surface area (Å²) >= 11 is 1.23. The number of rotatable bonds is 1. The zero-order valence-corrected chi connectivity index (χ0v) is 10.0. The molecule has 0 saturated heterocycles. The topological polar surface area (TPSA) is 68.5 Å². The van der Waals surface area contributed by atoms with E-state index in [1.807, 2.05) is 0 Å². The summed E-state index contributed by atoms with van der Waals surface area (Å²) in [5.74, 6) is 0. The molecule has 0 aromatic carbocycles. The highest BCUT2D eigenvalue weighted by Gasteiger charge is 2.23. The minimum absolute atomic E-state index is 0.116. The fourth-order valence-electron chi connectivity index (χ4n) is 1.42. The molecule has 0 N–H and O–H groups in total. The summed E-state index contributed by atoms with van der Waals surface area (Å²) in [4.78, 5) is 15.9. The Morgan fingerprint density at radius 1 is 1.44 bits per heavy atom. The van der Waals surface area contributed by atoms with Gasteiger partial charge in [0, 0.05) is 11.1 Å². The van der Waals surface area contributed by atoms with Crippen molar-refractivity contribution >= 4 is 26.5 Å². The molecule has 0 aliphatic heterocycles. The molecule has 16 heavy (non-hydrogen) atoms. The van der Waals surface area contributed by atoms with Gasteiger partial charge in [-0.3, -0.25) is 9.20 Å². The van der Waals surface area contributed by atoms with E-state index in [4.69, 9.17) is 0 Å². The summed E-state index contributed by atoms with van der Waals surface area (Å²) in [5.41, 5.74) is -1.01. The molecule has 0 atom stereocenters. The number of hydrogen-bond acceptors (Lipinski definition) is 5. The van der Waals surface area contributed by atoms with Crippen molar-refractivity contribution in [2.45, 2.75) is 18.7 Å². The largest absolute Gasteiger partial charge is 0.339 e. The van der Waals surface area contributed by atoms with E-state index in [1.165, 1.54) is 24.5 Å². The van der Waals surface area contributed by atoms with Gasteiger partial charge in [0.25, 0.3) is 5.56 Å². The van der Waals surface area contributed by atoms with Crippen molar-refractivity contribution in [3.63, 3.8) is 0 Å². The summed E-state index contributed by atoms with van der Waals surface area (Å²) < 4.78 is 35.6. The highest BCUT2D eigenvalue weighted by atomic mass is 32.3. The third kappa shape index (κ3) is 1.63. The van der Waals surface area contributed by atoms with Gasteiger partial charge in [-0.05, 0) is 13.8 Å². The van der Waals surface area contributed by atoms with Crippen LogP contribution in [-0.2, 0) is 10.2 Å². The fraction of sp³-hybridized carbons (Fsp3) is 0.250. The Morgan fingerprint density at radius 2 is 2.06 bits per heavy atom. The monoisotopic (exact) mass is 262 g/mol. The molecule has 2 aromatic rings. The summed E-state index contributed by atoms with van der Waals surface area (Å²) in [6, 6.07) is 0. The summed E-state index contributed by atoms with van der Waals surface area (Å²) in [5, 5.41) is 0. The van der Waals surface area contributed by atoms with E-state index >= 15 is 0 Å². The molecule has 2 heterocycles. The first-order valence-corrected chi connectivity index (χ1v) is 6.45. The van der Waals surface area contributed by atoms with E-state index in [1.54, 1.807) is 6.92 Å². The number of hydrogen-bond donors (Lipinski definition) is 0. The Balaban J connectivity index is 3.03. The second kappa shape index (κ2) is 3.36. The molecule has 0 bridgehead atoms. The second-order valence-corrected chi connectivity index (χ2v) is 5.76. The van der Waals surface area contributed by atoms with Gasteiger partial charge in [0.2, 0.25) is 0 Å². The van der Waals surface area contributed by atoms with E-state index in [-0.39, 0.29) is 5.69 Å². The molecule has 5 nitrogen and oxygen atoms in total. The van der Waals surface area contributed by atoms with Crippen molar-refractivity contribution in [2.24, 2.45) is 0 Å². The maximum atomic E-state index is 12.9. The quantitative estimate of drug-likeness (QED) is 0.720. The molecule has 0 aliphatic carbocycles. The van der Waals surface area contributed by atoms with Crippen LogP contribution < -0.4 is 5.56 Å². The van der Waals surface area contributed by atoms with Crippen LogP contribution in [0.5, 0.6) is 0 Å². The van der Waals surface area contributed by atoms with Crippen LogP contribution in [0.25, 0.3) is 4.96 Å². The lowest BCUT2D eigenvalue weighted by molar-refractivity contribution is 0.548. The molecule has 8 heteroatoms. The van der Waals surface area contributed by atoms with Crippen LogP contribution in [0.15, 0.2) is 15.9 Å². The second-order valence-electron chi connectivity index (χ2n) is 3.26. The highest BCUT2D eigenvalue weighted by Crippen LogP contribution is 2.17. The molecule has 2 rings (SSSR count). The number of thiazole rings is 1. The Hall–Kier alpha value is -1.28. The van der Waals surface area contributed by atoms with Gasteiger partial charge in [0.15, 0.2) is 9.86 Å².